The van der Waals surface area contributed by atoms with Crippen molar-refractivity contribution < 1.29 is 13.5 Å². The van der Waals surface area contributed by atoms with Crippen LogP contribution in [0.1, 0.15) is 31.4 Å². The van der Waals surface area contributed by atoms with Gasteiger partial charge in [0.1, 0.15) is 34.5 Å². The average molecular weight is 449 g/mol. The number of hydrogen-bond donors (Lipinski definition) is 1. The summed E-state index contributed by atoms with van der Waals surface area (Å²) in [5, 5.41) is 17.7. The molecule has 5 rings (SSSR count). The van der Waals surface area contributed by atoms with Gasteiger partial charge in [-0.2, -0.15) is 5.26 Å². The number of anilines is 2. The van der Waals surface area contributed by atoms with Gasteiger partial charge in [-0.25, -0.2) is 18.7 Å². The highest BCUT2D eigenvalue weighted by atomic mass is 19.1. The number of halogens is 2. The predicted molar refractivity (Wildman–Crippen MR) is 116 cm³/mol. The molecule has 33 heavy (non-hydrogen) atoms. The Kier molecular flexibility index (Phi) is 5.24. The number of nitrogens with two attached hydrogens (primary N) is 1. The Morgan fingerprint density at radius 3 is 2.55 bits per heavy atom. The topological polar surface area (TPSA) is 114 Å². The summed E-state index contributed by atoms with van der Waals surface area (Å²) >= 11 is 0. The third kappa shape index (κ3) is 4.14. The van der Waals surface area contributed by atoms with E-state index in [0.717, 1.165) is 18.9 Å². The SMILES string of the molecule is N#CC1(c2cnc(N3CCC(Oc4ccc(F)cc4F)CC3)c(-c3ccc(N)nn3)n2)CC1. The van der Waals surface area contributed by atoms with Crippen LogP contribution in [0.25, 0.3) is 11.4 Å². The highest BCUT2D eigenvalue weighted by Crippen LogP contribution is 2.47. The number of ether oxygens (including phenoxy) is 1. The van der Waals surface area contributed by atoms with E-state index in [1.165, 1.54) is 12.1 Å². The second-order valence-corrected chi connectivity index (χ2v) is 8.34. The zero-order valence-corrected chi connectivity index (χ0v) is 17.7. The maximum Gasteiger partial charge on any atom is 0.167 e. The minimum Gasteiger partial charge on any atom is -0.487 e. The molecule has 2 N–H and O–H groups in total. The molecule has 1 saturated carbocycles. The second-order valence-electron chi connectivity index (χ2n) is 8.34. The van der Waals surface area contributed by atoms with Crippen LogP contribution in [0.15, 0.2) is 36.5 Å². The van der Waals surface area contributed by atoms with Crippen molar-refractivity contribution in [2.45, 2.75) is 37.2 Å². The Hall–Kier alpha value is -3.87. The Morgan fingerprint density at radius 1 is 1.12 bits per heavy atom. The summed E-state index contributed by atoms with van der Waals surface area (Å²) < 4.78 is 32.9. The first-order valence-corrected chi connectivity index (χ1v) is 10.7. The molecule has 0 bridgehead atoms. The van der Waals surface area contributed by atoms with E-state index in [1.807, 2.05) is 0 Å². The van der Waals surface area contributed by atoms with Crippen LogP contribution in [0.4, 0.5) is 20.4 Å². The van der Waals surface area contributed by atoms with E-state index < -0.39 is 17.0 Å². The number of hydrogen-bond acceptors (Lipinski definition) is 8. The molecule has 1 aliphatic heterocycles. The lowest BCUT2D eigenvalue weighted by molar-refractivity contribution is 0.163. The zero-order chi connectivity index (χ0) is 23.0. The van der Waals surface area contributed by atoms with Crippen molar-refractivity contribution in [2.75, 3.05) is 23.7 Å². The first-order chi connectivity index (χ1) is 16.0. The van der Waals surface area contributed by atoms with Crippen molar-refractivity contribution >= 4 is 11.6 Å². The van der Waals surface area contributed by atoms with Gasteiger partial charge in [-0.1, -0.05) is 0 Å². The fourth-order valence-electron chi connectivity index (χ4n) is 3.97. The molecule has 0 unspecified atom stereocenters. The summed E-state index contributed by atoms with van der Waals surface area (Å²) in [5.74, 6) is -0.374. The predicted octanol–water partition coefficient (Wildman–Crippen LogP) is 3.40. The molecule has 0 atom stereocenters. The van der Waals surface area contributed by atoms with E-state index in [9.17, 15) is 14.0 Å². The molecule has 0 amide bonds. The van der Waals surface area contributed by atoms with Gasteiger partial charge < -0.3 is 15.4 Å². The number of rotatable bonds is 5. The molecule has 2 aliphatic rings. The van der Waals surface area contributed by atoms with Crippen LogP contribution >= 0.6 is 0 Å². The molecule has 8 nitrogen and oxygen atoms in total. The van der Waals surface area contributed by atoms with Gasteiger partial charge in [-0.3, -0.25) is 0 Å². The van der Waals surface area contributed by atoms with Crippen LogP contribution < -0.4 is 15.4 Å². The second kappa shape index (κ2) is 8.24. The first-order valence-electron chi connectivity index (χ1n) is 10.7. The summed E-state index contributed by atoms with van der Waals surface area (Å²) in [6.45, 7) is 1.20. The van der Waals surface area contributed by atoms with Crippen LogP contribution in [-0.2, 0) is 5.41 Å². The van der Waals surface area contributed by atoms with Gasteiger partial charge in [0.15, 0.2) is 17.4 Å². The Morgan fingerprint density at radius 2 is 1.91 bits per heavy atom. The standard InChI is InChI=1S/C23H21F2N7O/c24-14-1-3-18(16(25)11-14)33-15-5-9-32(10-6-15)22-21(17-2-4-20(27)31-30-17)29-19(12-28-22)23(13-26)7-8-23/h1-4,11-12,15H,5-10H2,(H2,27,31). The van der Waals surface area contributed by atoms with Crippen LogP contribution in [-0.4, -0.2) is 39.4 Å². The molecule has 0 radical (unpaired) electrons. The van der Waals surface area contributed by atoms with Crippen molar-refractivity contribution in [3.63, 3.8) is 0 Å². The highest BCUT2D eigenvalue weighted by molar-refractivity contribution is 5.70. The lowest BCUT2D eigenvalue weighted by Gasteiger charge is -2.33. The lowest BCUT2D eigenvalue weighted by Crippen LogP contribution is -2.39. The molecule has 1 saturated heterocycles. The monoisotopic (exact) mass is 449 g/mol. The summed E-state index contributed by atoms with van der Waals surface area (Å²) in [6.07, 6.45) is 4.21. The maximum atomic E-state index is 13.9. The van der Waals surface area contributed by atoms with Crippen LogP contribution in [0.3, 0.4) is 0 Å². The molecule has 3 aromatic rings. The number of benzene rings is 1. The largest absolute Gasteiger partial charge is 0.487 e. The number of aromatic nitrogens is 4. The van der Waals surface area contributed by atoms with Gasteiger partial charge in [0.05, 0.1) is 18.0 Å². The van der Waals surface area contributed by atoms with Gasteiger partial charge in [-0.15, -0.1) is 10.2 Å². The number of nitriles is 1. The fourth-order valence-corrected chi connectivity index (χ4v) is 3.97. The van der Waals surface area contributed by atoms with E-state index in [4.69, 9.17) is 15.5 Å². The molecule has 168 valence electrons. The Bertz CT molecular complexity index is 1220. The van der Waals surface area contributed by atoms with Gasteiger partial charge in [0.2, 0.25) is 0 Å². The number of nitrogens with zero attached hydrogens (tertiary/aromatic N) is 6. The van der Waals surface area contributed by atoms with E-state index in [-0.39, 0.29) is 11.9 Å². The van der Waals surface area contributed by atoms with Crippen LogP contribution in [0.5, 0.6) is 5.75 Å². The van der Waals surface area contributed by atoms with E-state index >= 15 is 0 Å². The third-order valence-corrected chi connectivity index (χ3v) is 6.06. The lowest BCUT2D eigenvalue weighted by atomic mass is 10.0. The minimum absolute atomic E-state index is 0.0445. The molecular weight excluding hydrogens is 428 g/mol. The summed E-state index contributed by atoms with van der Waals surface area (Å²) in [5.41, 5.74) is 6.81. The van der Waals surface area contributed by atoms with Crippen molar-refractivity contribution in [3.8, 4) is 23.2 Å². The quantitative estimate of drug-likeness (QED) is 0.631. The van der Waals surface area contributed by atoms with Gasteiger partial charge in [0.25, 0.3) is 0 Å². The molecule has 1 aromatic carbocycles. The summed E-state index contributed by atoms with van der Waals surface area (Å²) in [7, 11) is 0. The normalized spacial score (nSPS) is 17.4. The third-order valence-electron chi connectivity index (χ3n) is 6.06. The molecule has 0 spiro atoms. The fraction of sp³-hybridized carbons (Fsp3) is 0.348. The molecular formula is C23H21F2N7O. The summed E-state index contributed by atoms with van der Waals surface area (Å²) in [6, 6.07) is 9.03. The zero-order valence-electron chi connectivity index (χ0n) is 17.7. The average Bonchev–Trinajstić information content (AvgIpc) is 3.63. The van der Waals surface area contributed by atoms with Crippen molar-refractivity contribution in [1.29, 1.82) is 5.26 Å². The minimum atomic E-state index is -0.713. The maximum absolute atomic E-state index is 13.9. The smallest absolute Gasteiger partial charge is 0.167 e. The van der Waals surface area contributed by atoms with E-state index in [0.29, 0.717) is 54.6 Å². The Balaban J connectivity index is 1.38. The van der Waals surface area contributed by atoms with E-state index in [2.05, 4.69) is 26.2 Å². The molecule has 3 heterocycles. The number of nitrogen functional groups attached to an aromatic ring is 1. The van der Waals surface area contributed by atoms with E-state index in [1.54, 1.807) is 18.3 Å². The molecule has 2 aromatic heterocycles. The Labute approximate surface area is 189 Å². The summed E-state index contributed by atoms with van der Waals surface area (Å²) in [4.78, 5) is 11.5. The molecule has 10 heteroatoms. The van der Waals surface area contributed by atoms with Crippen LogP contribution in [0.2, 0.25) is 0 Å². The first kappa shape index (κ1) is 21.0. The van der Waals surface area contributed by atoms with Crippen molar-refractivity contribution in [2.24, 2.45) is 0 Å². The van der Waals surface area contributed by atoms with Crippen molar-refractivity contribution in [3.05, 3.63) is 53.9 Å². The van der Waals surface area contributed by atoms with Gasteiger partial charge >= 0.3 is 0 Å². The number of piperidine rings is 1. The van der Waals surface area contributed by atoms with Crippen LogP contribution in [0, 0.1) is 23.0 Å². The van der Waals surface area contributed by atoms with Gasteiger partial charge in [-0.05, 0) is 37.1 Å². The molecule has 1 aliphatic carbocycles. The van der Waals surface area contributed by atoms with Gasteiger partial charge in [0, 0.05) is 32.0 Å². The molecule has 2 fully saturated rings. The van der Waals surface area contributed by atoms with Crippen molar-refractivity contribution in [1.82, 2.24) is 20.2 Å². The highest BCUT2D eigenvalue weighted by Gasteiger charge is 2.47.